The number of thiophene rings is 1. The lowest BCUT2D eigenvalue weighted by atomic mass is 10.3. The lowest BCUT2D eigenvalue weighted by molar-refractivity contribution is -0.134. The Morgan fingerprint density at radius 1 is 1.19 bits per heavy atom. The minimum absolute atomic E-state index is 0.117. The Hall–Kier alpha value is -0.690. The number of rotatable bonds is 7. The SMILES string of the molecule is NS(=O)(=O)c1ccc(CNS(=O)(=O)CCCC(F)(F)F)s1. The molecule has 0 aliphatic rings. The molecule has 0 aliphatic heterocycles. The van der Waals surface area contributed by atoms with E-state index in [0.29, 0.717) is 4.88 Å². The van der Waals surface area contributed by atoms with Crippen LogP contribution < -0.4 is 9.86 Å². The van der Waals surface area contributed by atoms with Crippen molar-refractivity contribution in [1.29, 1.82) is 0 Å². The van der Waals surface area contributed by atoms with Crippen molar-refractivity contribution in [2.24, 2.45) is 5.14 Å². The van der Waals surface area contributed by atoms with Gasteiger partial charge in [-0.15, -0.1) is 11.3 Å². The molecule has 0 amide bonds. The quantitative estimate of drug-likeness (QED) is 0.755. The van der Waals surface area contributed by atoms with Crippen molar-refractivity contribution >= 4 is 31.4 Å². The molecule has 1 rings (SSSR count). The second kappa shape index (κ2) is 6.60. The molecule has 0 radical (unpaired) electrons. The van der Waals surface area contributed by atoms with E-state index in [4.69, 9.17) is 5.14 Å². The first-order valence-electron chi connectivity index (χ1n) is 5.55. The van der Waals surface area contributed by atoms with Gasteiger partial charge in [-0.3, -0.25) is 0 Å². The zero-order chi connectivity index (χ0) is 16.3. The van der Waals surface area contributed by atoms with E-state index in [9.17, 15) is 30.0 Å². The van der Waals surface area contributed by atoms with E-state index in [2.05, 4.69) is 4.72 Å². The lowest BCUT2D eigenvalue weighted by Gasteiger charge is -2.07. The van der Waals surface area contributed by atoms with Gasteiger partial charge in [-0.05, 0) is 18.6 Å². The van der Waals surface area contributed by atoms with Crippen LogP contribution in [0.1, 0.15) is 17.7 Å². The summed E-state index contributed by atoms with van der Waals surface area (Å²) >= 11 is 0.789. The number of nitrogens with one attached hydrogen (secondary N) is 1. The summed E-state index contributed by atoms with van der Waals surface area (Å²) in [5, 5.41) is 4.90. The fraction of sp³-hybridized carbons (Fsp3) is 0.556. The molecule has 122 valence electrons. The molecule has 0 atom stereocenters. The molecule has 0 unspecified atom stereocenters. The van der Waals surface area contributed by atoms with Gasteiger partial charge in [-0.1, -0.05) is 0 Å². The Morgan fingerprint density at radius 2 is 1.81 bits per heavy atom. The highest BCUT2D eigenvalue weighted by atomic mass is 32.2. The monoisotopic (exact) mass is 366 g/mol. The fourth-order valence-corrected chi connectivity index (χ4v) is 4.18. The number of nitrogens with two attached hydrogens (primary N) is 1. The van der Waals surface area contributed by atoms with Crippen LogP contribution in [0.25, 0.3) is 0 Å². The minimum Gasteiger partial charge on any atom is -0.224 e. The molecular formula is C9H13F3N2O4S3. The first kappa shape index (κ1) is 18.4. The number of hydrogen-bond acceptors (Lipinski definition) is 5. The molecule has 0 bridgehead atoms. The minimum atomic E-state index is -4.40. The van der Waals surface area contributed by atoms with Crippen LogP contribution in [-0.2, 0) is 26.6 Å². The summed E-state index contributed by atoms with van der Waals surface area (Å²) in [6.07, 6.45) is -6.11. The molecule has 1 heterocycles. The topological polar surface area (TPSA) is 106 Å². The predicted octanol–water partition coefficient (Wildman–Crippen LogP) is 1.16. The number of sulfonamides is 2. The smallest absolute Gasteiger partial charge is 0.224 e. The van der Waals surface area contributed by atoms with Crippen molar-refractivity contribution in [3.8, 4) is 0 Å². The van der Waals surface area contributed by atoms with Crippen molar-refractivity contribution < 1.29 is 30.0 Å². The maximum absolute atomic E-state index is 11.9. The molecule has 0 saturated heterocycles. The molecule has 0 fully saturated rings. The largest absolute Gasteiger partial charge is 0.389 e. The molecule has 12 heteroatoms. The number of primary sulfonamides is 1. The van der Waals surface area contributed by atoms with E-state index in [-0.39, 0.29) is 10.8 Å². The van der Waals surface area contributed by atoms with E-state index in [1.165, 1.54) is 12.1 Å². The van der Waals surface area contributed by atoms with Crippen molar-refractivity contribution in [3.05, 3.63) is 17.0 Å². The summed E-state index contributed by atoms with van der Waals surface area (Å²) in [4.78, 5) is 0.387. The second-order valence-electron chi connectivity index (χ2n) is 4.12. The molecule has 0 aliphatic carbocycles. The van der Waals surface area contributed by atoms with Crippen molar-refractivity contribution in [1.82, 2.24) is 4.72 Å². The zero-order valence-corrected chi connectivity index (χ0v) is 13.0. The van der Waals surface area contributed by atoms with Crippen LogP contribution in [0.2, 0.25) is 0 Å². The van der Waals surface area contributed by atoms with Crippen molar-refractivity contribution in [3.63, 3.8) is 0 Å². The summed E-state index contributed by atoms with van der Waals surface area (Å²) in [6, 6.07) is 2.61. The Morgan fingerprint density at radius 3 is 2.29 bits per heavy atom. The number of halogens is 3. The van der Waals surface area contributed by atoms with E-state index < -0.39 is 44.8 Å². The molecule has 0 saturated carbocycles. The van der Waals surface area contributed by atoms with Crippen LogP contribution in [0.15, 0.2) is 16.3 Å². The summed E-state index contributed by atoms with van der Waals surface area (Å²) in [5.41, 5.74) is 0. The Bertz CT molecular complexity index is 679. The summed E-state index contributed by atoms with van der Waals surface area (Å²) in [6.45, 7) is -0.200. The molecule has 0 aromatic carbocycles. The third-order valence-corrected chi connectivity index (χ3v) is 6.19. The highest BCUT2D eigenvalue weighted by Gasteiger charge is 2.27. The van der Waals surface area contributed by atoms with E-state index in [1.807, 2.05) is 0 Å². The number of hydrogen-bond donors (Lipinski definition) is 2. The summed E-state index contributed by atoms with van der Waals surface area (Å²) in [7, 11) is -7.70. The van der Waals surface area contributed by atoms with Gasteiger partial charge in [0.05, 0.1) is 5.75 Å². The second-order valence-corrected chi connectivity index (χ2v) is 9.01. The maximum Gasteiger partial charge on any atom is 0.389 e. The van der Waals surface area contributed by atoms with E-state index in [0.717, 1.165) is 11.3 Å². The van der Waals surface area contributed by atoms with Crippen molar-refractivity contribution in [2.75, 3.05) is 5.75 Å². The van der Waals surface area contributed by atoms with Gasteiger partial charge in [0.2, 0.25) is 20.0 Å². The van der Waals surface area contributed by atoms with Crippen LogP contribution in [0.5, 0.6) is 0 Å². The van der Waals surface area contributed by atoms with Crippen LogP contribution >= 0.6 is 11.3 Å². The fourth-order valence-electron chi connectivity index (χ4n) is 1.32. The average molecular weight is 366 g/mol. The van der Waals surface area contributed by atoms with E-state index in [1.54, 1.807) is 0 Å². The first-order valence-corrected chi connectivity index (χ1v) is 9.56. The average Bonchev–Trinajstić information content (AvgIpc) is 2.72. The number of alkyl halides is 3. The molecular weight excluding hydrogens is 353 g/mol. The molecule has 21 heavy (non-hydrogen) atoms. The molecule has 3 N–H and O–H groups in total. The van der Waals surface area contributed by atoms with Crippen LogP contribution in [0.4, 0.5) is 13.2 Å². The predicted molar refractivity (Wildman–Crippen MR) is 71.6 cm³/mol. The van der Waals surface area contributed by atoms with E-state index >= 15 is 0 Å². The molecule has 0 spiro atoms. The normalized spacial score (nSPS) is 13.5. The standard InChI is InChI=1S/C9H13F3N2O4S3/c10-9(11,12)4-1-5-20(15,16)14-6-7-2-3-8(19-7)21(13,17)18/h2-3,14H,1,4-6H2,(H2,13,17,18). The highest BCUT2D eigenvalue weighted by Crippen LogP contribution is 2.22. The molecule has 1 aromatic rings. The Kier molecular flexibility index (Phi) is 5.77. The van der Waals surface area contributed by atoms with Gasteiger partial charge in [0, 0.05) is 17.8 Å². The van der Waals surface area contributed by atoms with Gasteiger partial charge in [-0.25, -0.2) is 26.7 Å². The molecule has 1 aromatic heterocycles. The van der Waals surface area contributed by atoms with Gasteiger partial charge in [-0.2, -0.15) is 13.2 Å². The highest BCUT2D eigenvalue weighted by molar-refractivity contribution is 7.91. The van der Waals surface area contributed by atoms with Gasteiger partial charge in [0.1, 0.15) is 4.21 Å². The van der Waals surface area contributed by atoms with Gasteiger partial charge >= 0.3 is 6.18 Å². The zero-order valence-electron chi connectivity index (χ0n) is 10.6. The first-order chi connectivity index (χ1) is 9.39. The van der Waals surface area contributed by atoms with Crippen molar-refractivity contribution in [2.45, 2.75) is 29.8 Å². The summed E-state index contributed by atoms with van der Waals surface area (Å²) < 4.78 is 82.7. The Balaban J connectivity index is 2.52. The third-order valence-electron chi connectivity index (χ3n) is 2.26. The maximum atomic E-state index is 11.9. The van der Waals surface area contributed by atoms with Crippen LogP contribution in [0, 0.1) is 0 Å². The summed E-state index contributed by atoms with van der Waals surface area (Å²) in [5.74, 6) is -0.653. The Labute approximate surface area is 124 Å². The van der Waals surface area contributed by atoms with Gasteiger partial charge < -0.3 is 0 Å². The van der Waals surface area contributed by atoms with Crippen LogP contribution in [0.3, 0.4) is 0 Å². The molecule has 6 nitrogen and oxygen atoms in total. The van der Waals surface area contributed by atoms with Gasteiger partial charge in [0.15, 0.2) is 0 Å². The van der Waals surface area contributed by atoms with Gasteiger partial charge in [0.25, 0.3) is 0 Å². The lowest BCUT2D eigenvalue weighted by Crippen LogP contribution is -2.26. The van der Waals surface area contributed by atoms with Crippen LogP contribution in [-0.4, -0.2) is 28.8 Å². The third kappa shape index (κ3) is 7.22.